The van der Waals surface area contributed by atoms with Crippen LogP contribution in [0.5, 0.6) is 0 Å². The number of aromatic amines is 1. The summed E-state index contributed by atoms with van der Waals surface area (Å²) in [5, 5.41) is 6.69. The van der Waals surface area contributed by atoms with E-state index in [1.165, 1.54) is 11.1 Å². The maximum absolute atomic E-state index is 12.8. The summed E-state index contributed by atoms with van der Waals surface area (Å²) >= 11 is 0. The molecule has 1 spiro atoms. The first-order valence-corrected chi connectivity index (χ1v) is 9.38. The minimum atomic E-state index is -0.246. The molecule has 3 N–H and O–H groups in total. The molecule has 2 aromatic rings. The number of rotatable bonds is 4. The molecule has 2 aliphatic heterocycles. The van der Waals surface area contributed by atoms with Crippen molar-refractivity contribution < 1.29 is 9.53 Å². The Labute approximate surface area is 153 Å². The average Bonchev–Trinajstić information content (AvgIpc) is 3.12. The molecule has 1 atom stereocenters. The van der Waals surface area contributed by atoms with Gasteiger partial charge in [0.05, 0.1) is 23.6 Å². The Hall–Kier alpha value is -2.18. The van der Waals surface area contributed by atoms with Crippen molar-refractivity contribution in [3.05, 3.63) is 53.1 Å². The van der Waals surface area contributed by atoms with Crippen LogP contribution in [0, 0.1) is 6.92 Å². The second kappa shape index (κ2) is 7.21. The SMILES string of the molecule is Cc1cccc(CCNC(=O)[C@@H]2Cc3[nH]cnc3C3(CCOCC3)N2)c1. The van der Waals surface area contributed by atoms with Gasteiger partial charge in [0.1, 0.15) is 0 Å². The molecule has 0 aliphatic carbocycles. The quantitative estimate of drug-likeness (QED) is 0.779. The Bertz CT molecular complexity index is 780. The third kappa shape index (κ3) is 3.39. The second-order valence-electron chi connectivity index (χ2n) is 7.36. The molecule has 138 valence electrons. The van der Waals surface area contributed by atoms with E-state index in [9.17, 15) is 4.79 Å². The minimum absolute atomic E-state index is 0.0590. The van der Waals surface area contributed by atoms with Gasteiger partial charge in [-0.25, -0.2) is 4.98 Å². The van der Waals surface area contributed by atoms with E-state index in [1.54, 1.807) is 6.33 Å². The number of nitrogens with zero attached hydrogens (tertiary/aromatic N) is 1. The van der Waals surface area contributed by atoms with Gasteiger partial charge in [-0.15, -0.1) is 0 Å². The fourth-order valence-corrected chi connectivity index (χ4v) is 4.13. The normalized spacial score (nSPS) is 21.3. The number of ether oxygens (including phenoxy) is 1. The predicted molar refractivity (Wildman–Crippen MR) is 98.8 cm³/mol. The van der Waals surface area contributed by atoms with Gasteiger partial charge in [-0.1, -0.05) is 29.8 Å². The minimum Gasteiger partial charge on any atom is -0.381 e. The molecule has 4 rings (SSSR count). The molecule has 0 bridgehead atoms. The highest BCUT2D eigenvalue weighted by molar-refractivity contribution is 5.82. The van der Waals surface area contributed by atoms with Crippen LogP contribution in [0.15, 0.2) is 30.6 Å². The number of hydrogen-bond donors (Lipinski definition) is 3. The predicted octanol–water partition coefficient (Wildman–Crippen LogP) is 1.60. The number of carbonyl (C=O) groups is 1. The van der Waals surface area contributed by atoms with E-state index in [0.29, 0.717) is 26.2 Å². The summed E-state index contributed by atoms with van der Waals surface area (Å²) in [5.74, 6) is 0.0590. The first kappa shape index (κ1) is 17.2. The summed E-state index contributed by atoms with van der Waals surface area (Å²) in [6.07, 6.45) is 4.92. The van der Waals surface area contributed by atoms with Crippen LogP contribution in [0.2, 0.25) is 0 Å². The number of benzene rings is 1. The number of amides is 1. The standard InChI is InChI=1S/C20H26N4O2/c1-14-3-2-4-15(11-14)5-8-21-19(25)17-12-16-18(23-13-22-16)20(24-17)6-9-26-10-7-20/h2-4,11,13,17,24H,5-10,12H2,1H3,(H,21,25)(H,22,23)/t17-/m0/s1. The average molecular weight is 354 g/mol. The zero-order valence-electron chi connectivity index (χ0n) is 15.2. The molecular weight excluding hydrogens is 328 g/mol. The van der Waals surface area contributed by atoms with Crippen molar-refractivity contribution in [2.24, 2.45) is 0 Å². The number of H-pyrrole nitrogens is 1. The summed E-state index contributed by atoms with van der Waals surface area (Å²) in [7, 11) is 0. The molecule has 26 heavy (non-hydrogen) atoms. The van der Waals surface area contributed by atoms with Crippen LogP contribution < -0.4 is 10.6 Å². The molecule has 1 aromatic carbocycles. The highest BCUT2D eigenvalue weighted by atomic mass is 16.5. The first-order valence-electron chi connectivity index (χ1n) is 9.38. The molecule has 6 heteroatoms. The van der Waals surface area contributed by atoms with E-state index in [1.807, 2.05) is 0 Å². The van der Waals surface area contributed by atoms with Crippen LogP contribution in [-0.2, 0) is 27.9 Å². The third-order valence-corrected chi connectivity index (χ3v) is 5.49. The number of aryl methyl sites for hydroxylation is 1. The highest BCUT2D eigenvalue weighted by Crippen LogP contribution is 2.36. The number of carbonyl (C=O) groups excluding carboxylic acids is 1. The number of hydrogen-bond acceptors (Lipinski definition) is 4. The highest BCUT2D eigenvalue weighted by Gasteiger charge is 2.44. The lowest BCUT2D eigenvalue weighted by atomic mass is 9.80. The molecule has 1 fully saturated rings. The first-order chi connectivity index (χ1) is 12.7. The molecule has 0 saturated carbocycles. The van der Waals surface area contributed by atoms with Gasteiger partial charge in [0, 0.05) is 31.9 Å². The van der Waals surface area contributed by atoms with Crippen LogP contribution in [0.1, 0.15) is 35.4 Å². The van der Waals surface area contributed by atoms with Gasteiger partial charge < -0.3 is 15.0 Å². The molecule has 1 saturated heterocycles. The van der Waals surface area contributed by atoms with Crippen LogP contribution in [0.4, 0.5) is 0 Å². The van der Waals surface area contributed by atoms with Crippen molar-refractivity contribution in [1.29, 1.82) is 0 Å². The second-order valence-corrected chi connectivity index (χ2v) is 7.36. The van der Waals surface area contributed by atoms with Crippen LogP contribution in [-0.4, -0.2) is 41.7 Å². The van der Waals surface area contributed by atoms with Crippen molar-refractivity contribution in [3.8, 4) is 0 Å². The van der Waals surface area contributed by atoms with E-state index >= 15 is 0 Å². The smallest absolute Gasteiger partial charge is 0.237 e. The fourth-order valence-electron chi connectivity index (χ4n) is 4.13. The lowest BCUT2D eigenvalue weighted by molar-refractivity contribution is -0.124. The Morgan fingerprint density at radius 2 is 2.23 bits per heavy atom. The van der Waals surface area contributed by atoms with Crippen LogP contribution in [0.3, 0.4) is 0 Å². The lowest BCUT2D eigenvalue weighted by Crippen LogP contribution is -2.60. The monoisotopic (exact) mass is 354 g/mol. The van der Waals surface area contributed by atoms with E-state index in [2.05, 4.69) is 51.8 Å². The summed E-state index contributed by atoms with van der Waals surface area (Å²) in [5.41, 5.74) is 4.38. The Balaban J connectivity index is 1.40. The number of fused-ring (bicyclic) bond motifs is 2. The van der Waals surface area contributed by atoms with Gasteiger partial charge in [0.2, 0.25) is 5.91 Å². The fraction of sp³-hybridized carbons (Fsp3) is 0.500. The topological polar surface area (TPSA) is 79.0 Å². The van der Waals surface area contributed by atoms with Gasteiger partial charge in [0.15, 0.2) is 0 Å². The Morgan fingerprint density at radius 1 is 1.38 bits per heavy atom. The van der Waals surface area contributed by atoms with Crippen molar-refractivity contribution >= 4 is 5.91 Å². The largest absolute Gasteiger partial charge is 0.381 e. The molecule has 3 heterocycles. The zero-order chi connectivity index (χ0) is 18.0. The lowest BCUT2D eigenvalue weighted by Gasteiger charge is -2.43. The van der Waals surface area contributed by atoms with Crippen molar-refractivity contribution in [1.82, 2.24) is 20.6 Å². The molecule has 2 aliphatic rings. The number of nitrogens with one attached hydrogen (secondary N) is 3. The van der Waals surface area contributed by atoms with E-state index in [4.69, 9.17) is 4.74 Å². The summed E-state index contributed by atoms with van der Waals surface area (Å²) in [6.45, 7) is 4.12. The third-order valence-electron chi connectivity index (χ3n) is 5.49. The summed E-state index contributed by atoms with van der Waals surface area (Å²) in [4.78, 5) is 20.5. The molecular formula is C20H26N4O2. The summed E-state index contributed by atoms with van der Waals surface area (Å²) in [6, 6.07) is 8.18. The van der Waals surface area contributed by atoms with Gasteiger partial charge in [-0.3, -0.25) is 10.1 Å². The van der Waals surface area contributed by atoms with Gasteiger partial charge in [-0.05, 0) is 31.7 Å². The maximum atomic E-state index is 12.8. The molecule has 1 amide bonds. The van der Waals surface area contributed by atoms with E-state index in [0.717, 1.165) is 30.7 Å². The maximum Gasteiger partial charge on any atom is 0.237 e. The van der Waals surface area contributed by atoms with E-state index in [-0.39, 0.29) is 17.5 Å². The van der Waals surface area contributed by atoms with Gasteiger partial charge >= 0.3 is 0 Å². The van der Waals surface area contributed by atoms with Gasteiger partial charge in [0.25, 0.3) is 0 Å². The molecule has 0 radical (unpaired) electrons. The summed E-state index contributed by atoms with van der Waals surface area (Å²) < 4.78 is 5.53. The van der Waals surface area contributed by atoms with Gasteiger partial charge in [-0.2, -0.15) is 0 Å². The molecule has 0 unspecified atom stereocenters. The van der Waals surface area contributed by atoms with Crippen molar-refractivity contribution in [2.75, 3.05) is 19.8 Å². The van der Waals surface area contributed by atoms with Crippen LogP contribution in [0.25, 0.3) is 0 Å². The van der Waals surface area contributed by atoms with Crippen molar-refractivity contribution in [2.45, 2.75) is 44.2 Å². The molecule has 1 aromatic heterocycles. The van der Waals surface area contributed by atoms with E-state index < -0.39 is 0 Å². The number of aromatic nitrogens is 2. The van der Waals surface area contributed by atoms with Crippen LogP contribution >= 0.6 is 0 Å². The Kier molecular flexibility index (Phi) is 4.78. The number of imidazole rings is 1. The zero-order valence-corrected chi connectivity index (χ0v) is 15.2. The van der Waals surface area contributed by atoms with Crippen molar-refractivity contribution in [3.63, 3.8) is 0 Å². The Morgan fingerprint density at radius 3 is 3.04 bits per heavy atom. The molecule has 6 nitrogen and oxygen atoms in total.